The summed E-state index contributed by atoms with van der Waals surface area (Å²) in [7, 11) is 0. The van der Waals surface area contributed by atoms with Crippen molar-refractivity contribution in [3.63, 3.8) is 0 Å². The van der Waals surface area contributed by atoms with E-state index in [0.717, 1.165) is 30.7 Å². The number of nitrogen functional groups attached to an aromatic ring is 1. The van der Waals surface area contributed by atoms with E-state index in [0.29, 0.717) is 18.2 Å². The van der Waals surface area contributed by atoms with Gasteiger partial charge in [-0.25, -0.2) is 4.98 Å². The maximum atomic E-state index is 6.18. The molecule has 1 aliphatic carbocycles. The molecule has 5 nitrogen and oxygen atoms in total. The molecule has 1 aromatic heterocycles. The fourth-order valence-corrected chi connectivity index (χ4v) is 3.67. The van der Waals surface area contributed by atoms with Crippen LogP contribution in [-0.2, 0) is 0 Å². The summed E-state index contributed by atoms with van der Waals surface area (Å²) in [5.74, 6) is 3.09. The standard InChI is InChI=1S/C15H24N4O/c1-2-20-15-13(16)14(17-10-18-15)19-8-7-11-5-3-4-6-12(11)9-19/h10-12H,2-9,16H2,1H3. The normalized spacial score (nSPS) is 26.1. The van der Waals surface area contributed by atoms with Gasteiger partial charge in [0.15, 0.2) is 5.82 Å². The van der Waals surface area contributed by atoms with Crippen LogP contribution in [0.5, 0.6) is 5.88 Å². The van der Waals surface area contributed by atoms with Crippen molar-refractivity contribution in [3.8, 4) is 5.88 Å². The number of hydrogen-bond donors (Lipinski definition) is 1. The SMILES string of the molecule is CCOc1ncnc(N2CCC3CCCCC3C2)c1N. The van der Waals surface area contributed by atoms with Crippen molar-refractivity contribution in [2.75, 3.05) is 30.3 Å². The first-order valence-corrected chi connectivity index (χ1v) is 7.77. The van der Waals surface area contributed by atoms with Crippen molar-refractivity contribution >= 4 is 11.5 Å². The molecule has 2 fully saturated rings. The van der Waals surface area contributed by atoms with Crippen LogP contribution in [0.3, 0.4) is 0 Å². The summed E-state index contributed by atoms with van der Waals surface area (Å²) in [5, 5.41) is 0. The molecule has 0 radical (unpaired) electrons. The quantitative estimate of drug-likeness (QED) is 0.918. The third kappa shape index (κ3) is 2.53. The summed E-state index contributed by atoms with van der Waals surface area (Å²) >= 11 is 0. The molecule has 110 valence electrons. The van der Waals surface area contributed by atoms with E-state index in [1.807, 2.05) is 6.92 Å². The molecule has 5 heteroatoms. The highest BCUT2D eigenvalue weighted by Crippen LogP contribution is 2.39. The number of rotatable bonds is 3. The van der Waals surface area contributed by atoms with Gasteiger partial charge in [0.2, 0.25) is 5.88 Å². The summed E-state index contributed by atoms with van der Waals surface area (Å²) in [6.07, 6.45) is 8.36. The van der Waals surface area contributed by atoms with Gasteiger partial charge in [-0.15, -0.1) is 0 Å². The molecule has 2 heterocycles. The van der Waals surface area contributed by atoms with Crippen LogP contribution in [0.25, 0.3) is 0 Å². The summed E-state index contributed by atoms with van der Waals surface area (Å²) in [4.78, 5) is 10.8. The third-order valence-electron chi connectivity index (χ3n) is 4.70. The van der Waals surface area contributed by atoms with Crippen LogP contribution in [0, 0.1) is 11.8 Å². The van der Waals surface area contributed by atoms with Crippen molar-refractivity contribution in [2.24, 2.45) is 11.8 Å². The van der Waals surface area contributed by atoms with Crippen LogP contribution in [-0.4, -0.2) is 29.7 Å². The van der Waals surface area contributed by atoms with Gasteiger partial charge < -0.3 is 15.4 Å². The van der Waals surface area contributed by atoms with Gasteiger partial charge in [-0.1, -0.05) is 19.3 Å². The Morgan fingerprint density at radius 2 is 2.05 bits per heavy atom. The third-order valence-corrected chi connectivity index (χ3v) is 4.70. The van der Waals surface area contributed by atoms with Gasteiger partial charge in [0, 0.05) is 13.1 Å². The number of fused-ring (bicyclic) bond motifs is 1. The van der Waals surface area contributed by atoms with Gasteiger partial charge in [0.05, 0.1) is 6.61 Å². The number of hydrogen-bond acceptors (Lipinski definition) is 5. The molecular weight excluding hydrogens is 252 g/mol. The van der Waals surface area contributed by atoms with Crippen molar-refractivity contribution in [2.45, 2.75) is 39.0 Å². The minimum Gasteiger partial charge on any atom is -0.476 e. The molecule has 20 heavy (non-hydrogen) atoms. The zero-order valence-electron chi connectivity index (χ0n) is 12.2. The minimum absolute atomic E-state index is 0.517. The number of piperidine rings is 1. The van der Waals surface area contributed by atoms with Gasteiger partial charge in [0.25, 0.3) is 0 Å². The number of nitrogens with zero attached hydrogens (tertiary/aromatic N) is 3. The van der Waals surface area contributed by atoms with Gasteiger partial charge in [-0.3, -0.25) is 0 Å². The second kappa shape index (κ2) is 5.85. The highest BCUT2D eigenvalue weighted by Gasteiger charge is 2.32. The number of nitrogens with two attached hydrogens (primary N) is 1. The minimum atomic E-state index is 0.517. The second-order valence-corrected chi connectivity index (χ2v) is 5.89. The Balaban J connectivity index is 1.77. The molecule has 2 atom stereocenters. The monoisotopic (exact) mass is 276 g/mol. The largest absolute Gasteiger partial charge is 0.476 e. The first-order valence-electron chi connectivity index (χ1n) is 7.77. The molecule has 0 aromatic carbocycles. The fourth-order valence-electron chi connectivity index (χ4n) is 3.67. The van der Waals surface area contributed by atoms with E-state index in [4.69, 9.17) is 10.5 Å². The fraction of sp³-hybridized carbons (Fsp3) is 0.733. The smallest absolute Gasteiger partial charge is 0.242 e. The first-order chi connectivity index (χ1) is 9.79. The van der Waals surface area contributed by atoms with Gasteiger partial charge in [0.1, 0.15) is 12.0 Å². The molecule has 0 amide bonds. The van der Waals surface area contributed by atoms with Crippen LogP contribution in [0.1, 0.15) is 39.0 Å². The molecule has 1 aromatic rings. The average Bonchev–Trinajstić information content (AvgIpc) is 2.49. The van der Waals surface area contributed by atoms with Crippen LogP contribution in [0.15, 0.2) is 6.33 Å². The lowest BCUT2D eigenvalue weighted by Gasteiger charge is -2.42. The molecule has 1 aliphatic heterocycles. The molecule has 0 spiro atoms. The average molecular weight is 276 g/mol. The lowest BCUT2D eigenvalue weighted by molar-refractivity contribution is 0.202. The molecule has 0 bridgehead atoms. The lowest BCUT2D eigenvalue weighted by Crippen LogP contribution is -2.42. The van der Waals surface area contributed by atoms with Crippen molar-refractivity contribution in [1.82, 2.24) is 9.97 Å². The molecule has 1 saturated heterocycles. The van der Waals surface area contributed by atoms with Crippen molar-refractivity contribution in [3.05, 3.63) is 6.33 Å². The summed E-state index contributed by atoms with van der Waals surface area (Å²) in [6, 6.07) is 0. The molecule has 2 aliphatic rings. The van der Waals surface area contributed by atoms with Crippen LogP contribution in [0.2, 0.25) is 0 Å². The van der Waals surface area contributed by atoms with Crippen molar-refractivity contribution < 1.29 is 4.74 Å². The maximum Gasteiger partial charge on any atom is 0.242 e. The van der Waals surface area contributed by atoms with Crippen LogP contribution >= 0.6 is 0 Å². The zero-order valence-corrected chi connectivity index (χ0v) is 12.2. The van der Waals surface area contributed by atoms with Gasteiger partial charge in [-0.2, -0.15) is 4.98 Å². The first kappa shape index (κ1) is 13.5. The predicted molar refractivity (Wildman–Crippen MR) is 79.9 cm³/mol. The maximum absolute atomic E-state index is 6.18. The van der Waals surface area contributed by atoms with E-state index in [1.165, 1.54) is 32.1 Å². The molecule has 3 rings (SSSR count). The Bertz CT molecular complexity index is 465. The Kier molecular flexibility index (Phi) is 3.94. The van der Waals surface area contributed by atoms with E-state index in [1.54, 1.807) is 6.33 Å². The molecule has 1 saturated carbocycles. The Morgan fingerprint density at radius 3 is 2.85 bits per heavy atom. The Hall–Kier alpha value is -1.52. The van der Waals surface area contributed by atoms with Gasteiger partial charge in [-0.05, 0) is 31.6 Å². The van der Waals surface area contributed by atoms with Crippen LogP contribution < -0.4 is 15.4 Å². The van der Waals surface area contributed by atoms with E-state index < -0.39 is 0 Å². The second-order valence-electron chi connectivity index (χ2n) is 5.89. The zero-order chi connectivity index (χ0) is 13.9. The Morgan fingerprint density at radius 1 is 1.25 bits per heavy atom. The van der Waals surface area contributed by atoms with Crippen LogP contribution in [0.4, 0.5) is 11.5 Å². The van der Waals surface area contributed by atoms with E-state index >= 15 is 0 Å². The van der Waals surface area contributed by atoms with Gasteiger partial charge >= 0.3 is 0 Å². The molecule has 2 unspecified atom stereocenters. The van der Waals surface area contributed by atoms with E-state index in [-0.39, 0.29) is 0 Å². The Labute approximate surface area is 120 Å². The lowest BCUT2D eigenvalue weighted by atomic mass is 9.75. The van der Waals surface area contributed by atoms with E-state index in [2.05, 4.69) is 14.9 Å². The number of ether oxygens (including phenoxy) is 1. The van der Waals surface area contributed by atoms with E-state index in [9.17, 15) is 0 Å². The predicted octanol–water partition coefficient (Wildman–Crippen LogP) is 2.47. The van der Waals surface area contributed by atoms with Crippen molar-refractivity contribution in [1.29, 1.82) is 0 Å². The number of aromatic nitrogens is 2. The molecular formula is C15H24N4O. The number of anilines is 2. The molecule has 2 N–H and O–H groups in total. The summed E-state index contributed by atoms with van der Waals surface area (Å²) in [6.45, 7) is 4.64. The summed E-state index contributed by atoms with van der Waals surface area (Å²) < 4.78 is 5.47. The highest BCUT2D eigenvalue weighted by atomic mass is 16.5. The topological polar surface area (TPSA) is 64.3 Å². The summed E-state index contributed by atoms with van der Waals surface area (Å²) in [5.41, 5.74) is 6.76. The highest BCUT2D eigenvalue weighted by molar-refractivity contribution is 5.67.